The van der Waals surface area contributed by atoms with Crippen molar-refractivity contribution in [1.82, 2.24) is 9.55 Å². The fourth-order valence-corrected chi connectivity index (χ4v) is 5.53. The van der Waals surface area contributed by atoms with Crippen molar-refractivity contribution < 1.29 is 9.90 Å². The highest BCUT2D eigenvalue weighted by Crippen LogP contribution is 2.60. The van der Waals surface area contributed by atoms with Crippen molar-refractivity contribution in [1.29, 1.82) is 0 Å². The van der Waals surface area contributed by atoms with Crippen LogP contribution in [0.2, 0.25) is 0 Å². The van der Waals surface area contributed by atoms with E-state index in [1.54, 1.807) is 6.33 Å². The number of aromatic carboxylic acids is 1. The Morgan fingerprint density at radius 2 is 1.85 bits per heavy atom. The predicted octanol–water partition coefficient (Wildman–Crippen LogP) is 2.38. The summed E-state index contributed by atoms with van der Waals surface area (Å²) >= 11 is 0. The van der Waals surface area contributed by atoms with E-state index in [9.17, 15) is 4.79 Å². The van der Waals surface area contributed by atoms with E-state index in [0.717, 1.165) is 24.3 Å². The molecule has 5 rings (SSSR count). The predicted molar refractivity (Wildman–Crippen MR) is 74.2 cm³/mol. The molecule has 3 N–H and O–H groups in total. The van der Waals surface area contributed by atoms with Gasteiger partial charge in [0.15, 0.2) is 5.69 Å². The molecule has 5 heteroatoms. The highest BCUT2D eigenvalue weighted by atomic mass is 16.4. The summed E-state index contributed by atoms with van der Waals surface area (Å²) in [7, 11) is 0. The summed E-state index contributed by atoms with van der Waals surface area (Å²) < 4.78 is 1.87. The van der Waals surface area contributed by atoms with E-state index in [1.165, 1.54) is 38.5 Å². The Morgan fingerprint density at radius 1 is 1.30 bits per heavy atom. The van der Waals surface area contributed by atoms with Gasteiger partial charge in [-0.15, -0.1) is 0 Å². The van der Waals surface area contributed by atoms with Crippen LogP contribution in [0.15, 0.2) is 6.33 Å². The Bertz CT molecular complexity index is 528. The van der Waals surface area contributed by atoms with Gasteiger partial charge in [-0.1, -0.05) is 0 Å². The summed E-state index contributed by atoms with van der Waals surface area (Å²) in [6.45, 7) is 0.850. The topological polar surface area (TPSA) is 81.1 Å². The minimum Gasteiger partial charge on any atom is -0.476 e. The van der Waals surface area contributed by atoms with Crippen LogP contribution in [0.25, 0.3) is 0 Å². The number of hydrogen-bond donors (Lipinski definition) is 2. The fourth-order valence-electron chi connectivity index (χ4n) is 5.53. The average Bonchev–Trinajstić information content (AvgIpc) is 2.68. The molecular formula is C15H21N3O2. The Morgan fingerprint density at radius 3 is 2.30 bits per heavy atom. The van der Waals surface area contributed by atoms with Crippen molar-refractivity contribution in [3.63, 3.8) is 0 Å². The van der Waals surface area contributed by atoms with Gasteiger partial charge in [-0.25, -0.2) is 9.78 Å². The number of nitrogens with zero attached hydrogens (tertiary/aromatic N) is 2. The second-order valence-corrected chi connectivity index (χ2v) is 7.33. The molecule has 5 nitrogen and oxygen atoms in total. The van der Waals surface area contributed by atoms with Gasteiger partial charge in [0.05, 0.1) is 6.33 Å². The Hall–Kier alpha value is -1.52. The molecule has 1 aromatic rings. The minimum atomic E-state index is -1.04. The quantitative estimate of drug-likeness (QED) is 0.887. The standard InChI is InChI=1S/C15H21N3O2/c16-13-12(14(19)20)17-8-18(13)7-15-4-9-1-10(5-15)3-11(2-9)6-15/h8-11H,1-7,16H2,(H,19,20). The van der Waals surface area contributed by atoms with Crippen LogP contribution < -0.4 is 5.73 Å². The second-order valence-electron chi connectivity index (χ2n) is 7.33. The summed E-state index contributed by atoms with van der Waals surface area (Å²) in [5.74, 6) is 1.96. The number of aromatic nitrogens is 2. The van der Waals surface area contributed by atoms with Crippen LogP contribution in [0.4, 0.5) is 5.82 Å². The van der Waals surface area contributed by atoms with E-state index in [0.29, 0.717) is 11.2 Å². The summed E-state index contributed by atoms with van der Waals surface area (Å²) in [5.41, 5.74) is 6.29. The third kappa shape index (κ3) is 1.75. The molecule has 0 saturated heterocycles. The van der Waals surface area contributed by atoms with Gasteiger partial charge in [-0.3, -0.25) is 0 Å². The lowest BCUT2D eigenvalue weighted by atomic mass is 9.49. The largest absolute Gasteiger partial charge is 0.476 e. The molecule has 4 bridgehead atoms. The number of rotatable bonds is 3. The molecule has 0 atom stereocenters. The van der Waals surface area contributed by atoms with Crippen molar-refractivity contribution in [2.24, 2.45) is 23.2 Å². The Labute approximate surface area is 118 Å². The number of carbonyl (C=O) groups is 1. The number of anilines is 1. The molecule has 1 aromatic heterocycles. The number of carboxylic acids is 1. The molecule has 4 fully saturated rings. The van der Waals surface area contributed by atoms with E-state index in [2.05, 4.69) is 4.98 Å². The normalized spacial score (nSPS) is 38.3. The molecular weight excluding hydrogens is 254 g/mol. The van der Waals surface area contributed by atoms with Gasteiger partial charge in [0, 0.05) is 6.54 Å². The van der Waals surface area contributed by atoms with E-state index in [4.69, 9.17) is 10.8 Å². The lowest BCUT2D eigenvalue weighted by Crippen LogP contribution is -2.47. The second kappa shape index (κ2) is 3.99. The number of nitrogens with two attached hydrogens (primary N) is 1. The zero-order chi connectivity index (χ0) is 13.9. The maximum absolute atomic E-state index is 11.0. The van der Waals surface area contributed by atoms with Crippen LogP contribution in [0.5, 0.6) is 0 Å². The number of hydrogen-bond acceptors (Lipinski definition) is 3. The fraction of sp³-hybridized carbons (Fsp3) is 0.733. The number of nitrogen functional groups attached to an aromatic ring is 1. The van der Waals surface area contributed by atoms with E-state index in [-0.39, 0.29) is 5.69 Å². The van der Waals surface area contributed by atoms with E-state index in [1.807, 2.05) is 4.57 Å². The molecule has 0 unspecified atom stereocenters. The zero-order valence-corrected chi connectivity index (χ0v) is 11.6. The third-order valence-electron chi connectivity index (χ3n) is 5.75. The lowest BCUT2D eigenvalue weighted by molar-refractivity contribution is -0.0616. The van der Waals surface area contributed by atoms with Gasteiger partial charge in [0.1, 0.15) is 5.82 Å². The van der Waals surface area contributed by atoms with Crippen LogP contribution in [0.3, 0.4) is 0 Å². The first kappa shape index (κ1) is 12.2. The number of carboxylic acid groups (broad SMARTS) is 1. The van der Waals surface area contributed by atoms with Crippen molar-refractivity contribution in [2.75, 3.05) is 5.73 Å². The molecule has 0 amide bonds. The molecule has 0 aliphatic heterocycles. The maximum atomic E-state index is 11.0. The van der Waals surface area contributed by atoms with Gasteiger partial charge in [-0.2, -0.15) is 0 Å². The van der Waals surface area contributed by atoms with Crippen molar-refractivity contribution >= 4 is 11.8 Å². The maximum Gasteiger partial charge on any atom is 0.358 e. The molecule has 20 heavy (non-hydrogen) atoms. The van der Waals surface area contributed by atoms with Crippen molar-refractivity contribution in [3.05, 3.63) is 12.0 Å². The molecule has 0 radical (unpaired) electrons. The smallest absolute Gasteiger partial charge is 0.358 e. The highest BCUT2D eigenvalue weighted by Gasteiger charge is 2.51. The molecule has 4 aliphatic rings. The molecule has 108 valence electrons. The molecule has 4 saturated carbocycles. The SMILES string of the molecule is Nc1c(C(=O)O)ncn1CC12CC3CC(CC(C3)C1)C2. The first-order chi connectivity index (χ1) is 9.55. The van der Waals surface area contributed by atoms with E-state index < -0.39 is 5.97 Å². The molecule has 0 spiro atoms. The van der Waals surface area contributed by atoms with E-state index >= 15 is 0 Å². The summed E-state index contributed by atoms with van der Waals surface area (Å²) in [6.07, 6.45) is 9.73. The van der Waals surface area contributed by atoms with Crippen LogP contribution in [0.1, 0.15) is 49.0 Å². The van der Waals surface area contributed by atoms with Gasteiger partial charge in [0.25, 0.3) is 0 Å². The van der Waals surface area contributed by atoms with Crippen LogP contribution in [-0.4, -0.2) is 20.6 Å². The Kier molecular flexibility index (Phi) is 2.44. The van der Waals surface area contributed by atoms with Gasteiger partial charge < -0.3 is 15.4 Å². The van der Waals surface area contributed by atoms with Gasteiger partial charge in [-0.05, 0) is 61.7 Å². The highest BCUT2D eigenvalue weighted by molar-refractivity contribution is 5.90. The molecule has 1 heterocycles. The minimum absolute atomic E-state index is 0.00488. The summed E-state index contributed by atoms with van der Waals surface area (Å²) in [6, 6.07) is 0. The van der Waals surface area contributed by atoms with Crippen molar-refractivity contribution in [2.45, 2.75) is 45.1 Å². The zero-order valence-electron chi connectivity index (χ0n) is 11.6. The average molecular weight is 275 g/mol. The summed E-state index contributed by atoms with van der Waals surface area (Å²) in [5, 5.41) is 9.05. The first-order valence-electron chi connectivity index (χ1n) is 7.58. The molecule has 0 aromatic carbocycles. The lowest BCUT2D eigenvalue weighted by Gasteiger charge is -2.57. The van der Waals surface area contributed by atoms with Gasteiger partial charge >= 0.3 is 5.97 Å². The van der Waals surface area contributed by atoms with Crippen LogP contribution in [0, 0.1) is 23.2 Å². The third-order valence-corrected chi connectivity index (χ3v) is 5.75. The Balaban J connectivity index is 1.61. The monoisotopic (exact) mass is 275 g/mol. The van der Waals surface area contributed by atoms with Crippen LogP contribution >= 0.6 is 0 Å². The first-order valence-corrected chi connectivity index (χ1v) is 7.58. The van der Waals surface area contributed by atoms with Gasteiger partial charge in [0.2, 0.25) is 0 Å². The van der Waals surface area contributed by atoms with Crippen LogP contribution in [-0.2, 0) is 6.54 Å². The summed E-state index contributed by atoms with van der Waals surface area (Å²) in [4.78, 5) is 15.0. The number of imidazole rings is 1. The molecule has 4 aliphatic carbocycles. The van der Waals surface area contributed by atoms with Crippen molar-refractivity contribution in [3.8, 4) is 0 Å².